The molecule has 0 fully saturated rings. The zero-order valence-electron chi connectivity index (χ0n) is 15.7. The summed E-state index contributed by atoms with van der Waals surface area (Å²) < 4.78 is 0. The van der Waals surface area contributed by atoms with Crippen molar-refractivity contribution in [3.05, 3.63) is 105 Å². The smallest absolute Gasteiger partial charge is 0.177 e. The summed E-state index contributed by atoms with van der Waals surface area (Å²) in [5.74, 6) is 0. The molecule has 0 aliphatic rings. The van der Waals surface area contributed by atoms with Crippen LogP contribution in [0.25, 0.3) is 12.2 Å². The Morgan fingerprint density at radius 3 is 1.87 bits per heavy atom. The minimum absolute atomic E-state index is 0.0495. The summed E-state index contributed by atoms with van der Waals surface area (Å²) in [6.45, 7) is 0. The summed E-state index contributed by atoms with van der Waals surface area (Å²) in [6.07, 6.45) is 3.50. The van der Waals surface area contributed by atoms with Gasteiger partial charge in [0, 0.05) is 11.1 Å². The van der Waals surface area contributed by atoms with Crippen molar-refractivity contribution in [1.29, 1.82) is 0 Å². The van der Waals surface area contributed by atoms with E-state index in [1.54, 1.807) is 18.2 Å². The highest BCUT2D eigenvalue weighted by Crippen LogP contribution is 2.45. The summed E-state index contributed by atoms with van der Waals surface area (Å²) in [5.41, 5.74) is 2.70. The molecule has 0 amide bonds. The summed E-state index contributed by atoms with van der Waals surface area (Å²) in [5, 5.41) is 40.7. The molecule has 0 bridgehead atoms. The standard InChI is InChI=1S/C22H20Br2N2O4/c23-21(16-9-5-2-6-10-16)22(24)18-13-17(12-11-15-7-3-1-4-8-15)19(25(27)28)14-20(18)26(29)30/h1-14,21-22,25-27,29H. The van der Waals surface area contributed by atoms with E-state index in [-0.39, 0.29) is 16.2 Å². The van der Waals surface area contributed by atoms with Gasteiger partial charge in [-0.05, 0) is 23.3 Å². The van der Waals surface area contributed by atoms with E-state index in [2.05, 4.69) is 31.9 Å². The van der Waals surface area contributed by atoms with Crippen LogP contribution in [0.3, 0.4) is 0 Å². The van der Waals surface area contributed by atoms with E-state index >= 15 is 0 Å². The Balaban J connectivity index is 2.08. The second-order valence-electron chi connectivity index (χ2n) is 6.60. The molecule has 3 aromatic carbocycles. The van der Waals surface area contributed by atoms with Crippen LogP contribution in [-0.2, 0) is 0 Å². The molecule has 0 heterocycles. The van der Waals surface area contributed by atoms with Gasteiger partial charge in [0.2, 0.25) is 0 Å². The number of rotatable bonds is 7. The van der Waals surface area contributed by atoms with Crippen LogP contribution in [-0.4, -0.2) is 10.4 Å². The highest BCUT2D eigenvalue weighted by Gasteiger charge is 2.27. The lowest BCUT2D eigenvalue weighted by Gasteiger charge is -2.24. The maximum absolute atomic E-state index is 11.9. The van der Waals surface area contributed by atoms with Crippen LogP contribution in [0.5, 0.6) is 0 Å². The second-order valence-corrected chi connectivity index (χ2v) is 8.57. The number of nitrogens with one attached hydrogen (secondary N) is 2. The Kier molecular flexibility index (Phi) is 7.93. The van der Waals surface area contributed by atoms with Gasteiger partial charge in [0.15, 0.2) is 11.4 Å². The minimum atomic E-state index is -1.18. The minimum Gasteiger partial charge on any atom is -0.595 e. The SMILES string of the molecule is [O-][NH+](O)c1cc([NH+]([O-])O)c(C(Br)C(Br)c2ccccc2)cc1C=Cc1ccccc1. The van der Waals surface area contributed by atoms with Gasteiger partial charge in [-0.2, -0.15) is 10.5 Å². The van der Waals surface area contributed by atoms with Crippen LogP contribution in [0.1, 0.15) is 31.9 Å². The molecule has 3 rings (SSSR count). The van der Waals surface area contributed by atoms with Crippen LogP contribution in [0, 0.1) is 10.4 Å². The molecule has 0 aliphatic heterocycles. The fourth-order valence-corrected chi connectivity index (χ4v) is 4.36. The Bertz CT molecular complexity index is 999. The Morgan fingerprint density at radius 2 is 1.30 bits per heavy atom. The van der Waals surface area contributed by atoms with Gasteiger partial charge < -0.3 is 10.4 Å². The third kappa shape index (κ3) is 5.42. The summed E-state index contributed by atoms with van der Waals surface area (Å²) in [4.78, 5) is -0.601. The largest absolute Gasteiger partial charge is 0.595 e. The molecule has 3 aromatic rings. The van der Waals surface area contributed by atoms with Crippen molar-refractivity contribution >= 4 is 55.4 Å². The lowest BCUT2D eigenvalue weighted by molar-refractivity contribution is -0.996. The van der Waals surface area contributed by atoms with Gasteiger partial charge in [-0.15, -0.1) is 0 Å². The van der Waals surface area contributed by atoms with Crippen molar-refractivity contribution < 1.29 is 20.9 Å². The number of hydrogen-bond acceptors (Lipinski definition) is 4. The summed E-state index contributed by atoms with van der Waals surface area (Å²) >= 11 is 7.26. The van der Waals surface area contributed by atoms with E-state index < -0.39 is 15.3 Å². The van der Waals surface area contributed by atoms with Crippen molar-refractivity contribution in [3.63, 3.8) is 0 Å². The van der Waals surface area contributed by atoms with Crippen molar-refractivity contribution in [2.24, 2.45) is 0 Å². The average molecular weight is 536 g/mol. The predicted molar refractivity (Wildman–Crippen MR) is 123 cm³/mol. The molecule has 0 saturated heterocycles. The normalized spacial score (nSPS) is 15.7. The number of halogens is 2. The molecule has 30 heavy (non-hydrogen) atoms. The molecule has 0 spiro atoms. The van der Waals surface area contributed by atoms with Crippen LogP contribution in [0.4, 0.5) is 11.4 Å². The zero-order chi connectivity index (χ0) is 21.7. The van der Waals surface area contributed by atoms with Crippen molar-refractivity contribution in [2.45, 2.75) is 9.65 Å². The fraction of sp³-hybridized carbons (Fsp3) is 0.0909. The lowest BCUT2D eigenvalue weighted by atomic mass is 9.98. The van der Waals surface area contributed by atoms with Gasteiger partial charge >= 0.3 is 0 Å². The average Bonchev–Trinajstić information content (AvgIpc) is 2.77. The topological polar surface area (TPSA) is 95.5 Å². The van der Waals surface area contributed by atoms with Crippen LogP contribution < -0.4 is 10.5 Å². The number of hydrogen-bond donors (Lipinski definition) is 4. The first kappa shape index (κ1) is 22.8. The molecule has 8 heteroatoms. The summed E-state index contributed by atoms with van der Waals surface area (Å²) in [7, 11) is 0. The molecule has 0 aromatic heterocycles. The van der Waals surface area contributed by atoms with E-state index in [0.29, 0.717) is 11.1 Å². The third-order valence-corrected chi connectivity index (χ3v) is 7.40. The molecule has 0 aliphatic carbocycles. The molecular formula is C22H20Br2N2O4. The Hall–Kier alpha value is -1.88. The maximum Gasteiger partial charge on any atom is 0.177 e. The van der Waals surface area contributed by atoms with Crippen LogP contribution >= 0.6 is 31.9 Å². The van der Waals surface area contributed by atoms with E-state index in [4.69, 9.17) is 0 Å². The van der Waals surface area contributed by atoms with Gasteiger partial charge in [0.05, 0.1) is 15.7 Å². The molecule has 0 radical (unpaired) electrons. The second kappa shape index (κ2) is 10.4. The molecule has 6 nitrogen and oxygen atoms in total. The van der Waals surface area contributed by atoms with Crippen molar-refractivity contribution in [2.75, 3.05) is 0 Å². The van der Waals surface area contributed by atoms with Gasteiger partial charge in [-0.3, -0.25) is 0 Å². The van der Waals surface area contributed by atoms with Gasteiger partial charge in [-0.1, -0.05) is 98.6 Å². The predicted octanol–water partition coefficient (Wildman–Crippen LogP) is 4.24. The Morgan fingerprint density at radius 1 is 0.733 bits per heavy atom. The van der Waals surface area contributed by atoms with E-state index in [1.165, 1.54) is 6.07 Å². The summed E-state index contributed by atoms with van der Waals surface area (Å²) in [6, 6.07) is 21.9. The molecule has 0 saturated carbocycles. The monoisotopic (exact) mass is 534 g/mol. The fourth-order valence-electron chi connectivity index (χ4n) is 3.08. The van der Waals surface area contributed by atoms with Crippen molar-refractivity contribution in [1.82, 2.24) is 0 Å². The van der Waals surface area contributed by atoms with Gasteiger partial charge in [0.1, 0.15) is 0 Å². The van der Waals surface area contributed by atoms with Crippen LogP contribution in [0.15, 0.2) is 72.8 Å². The van der Waals surface area contributed by atoms with E-state index in [0.717, 1.165) is 11.1 Å². The molecule has 156 valence electrons. The van der Waals surface area contributed by atoms with E-state index in [1.807, 2.05) is 60.7 Å². The molecule has 4 unspecified atom stereocenters. The maximum atomic E-state index is 11.9. The third-order valence-electron chi connectivity index (χ3n) is 4.61. The lowest BCUT2D eigenvalue weighted by Crippen LogP contribution is -3.01. The first-order valence-corrected chi connectivity index (χ1v) is 10.9. The highest BCUT2D eigenvalue weighted by molar-refractivity contribution is 9.12. The van der Waals surface area contributed by atoms with Gasteiger partial charge in [-0.25, -0.2) is 10.4 Å². The zero-order valence-corrected chi connectivity index (χ0v) is 18.9. The van der Waals surface area contributed by atoms with Gasteiger partial charge in [0.25, 0.3) is 0 Å². The highest BCUT2D eigenvalue weighted by atomic mass is 79.9. The van der Waals surface area contributed by atoms with Crippen LogP contribution in [0.2, 0.25) is 0 Å². The first-order chi connectivity index (χ1) is 14.4. The number of alkyl halides is 2. The quantitative estimate of drug-likeness (QED) is 0.207. The van der Waals surface area contributed by atoms with E-state index in [9.17, 15) is 20.8 Å². The first-order valence-electron chi connectivity index (χ1n) is 9.09. The molecular weight excluding hydrogens is 516 g/mol. The number of benzene rings is 3. The number of quaternary nitrogens is 2. The molecule has 4 atom stereocenters. The molecule has 4 N–H and O–H groups in total. The van der Waals surface area contributed by atoms with Crippen molar-refractivity contribution in [3.8, 4) is 0 Å². The Labute approximate surface area is 191 Å².